The minimum absolute atomic E-state index is 0.530. The molecule has 0 aromatic heterocycles. The van der Waals surface area contributed by atoms with Gasteiger partial charge in [-0.2, -0.15) is 0 Å². The summed E-state index contributed by atoms with van der Waals surface area (Å²) in [6, 6.07) is 3.90. The van der Waals surface area contributed by atoms with E-state index in [2.05, 4.69) is 38.4 Å². The second kappa shape index (κ2) is 4.82. The second-order valence-corrected chi connectivity index (χ2v) is 4.32. The van der Waals surface area contributed by atoms with Crippen molar-refractivity contribution >= 4 is 31.9 Å². The van der Waals surface area contributed by atoms with Gasteiger partial charge in [-0.25, -0.2) is 0 Å². The van der Waals surface area contributed by atoms with Crippen molar-refractivity contribution in [2.75, 3.05) is 6.61 Å². The minimum Gasteiger partial charge on any atom is -0.489 e. The summed E-state index contributed by atoms with van der Waals surface area (Å²) in [7, 11) is 0. The maximum absolute atomic E-state index is 5.39. The van der Waals surface area contributed by atoms with Crippen LogP contribution in [0.25, 0.3) is 0 Å². The summed E-state index contributed by atoms with van der Waals surface area (Å²) in [6.45, 7) is 6.15. The summed E-state index contributed by atoms with van der Waals surface area (Å²) < 4.78 is 7.48. The molecule has 0 aliphatic carbocycles. The van der Waals surface area contributed by atoms with Gasteiger partial charge in [0.1, 0.15) is 12.4 Å². The van der Waals surface area contributed by atoms with Crippen molar-refractivity contribution < 1.29 is 4.74 Å². The van der Waals surface area contributed by atoms with Gasteiger partial charge in [0.05, 0.1) is 0 Å². The molecule has 0 spiro atoms. The van der Waals surface area contributed by atoms with Crippen molar-refractivity contribution in [3.63, 3.8) is 0 Å². The largest absolute Gasteiger partial charge is 0.489 e. The van der Waals surface area contributed by atoms with Crippen LogP contribution in [-0.2, 0) is 0 Å². The van der Waals surface area contributed by atoms with Crippen LogP contribution in [-0.4, -0.2) is 6.61 Å². The Labute approximate surface area is 95.1 Å². The second-order valence-electron chi connectivity index (χ2n) is 2.61. The maximum Gasteiger partial charge on any atom is 0.122 e. The molecule has 1 nitrogen and oxygen atoms in total. The molecular weight excluding hydrogens is 296 g/mol. The van der Waals surface area contributed by atoms with Crippen molar-refractivity contribution in [3.8, 4) is 5.75 Å². The molecule has 1 aromatic rings. The van der Waals surface area contributed by atoms with Crippen LogP contribution >= 0.6 is 31.9 Å². The number of halogens is 2. The molecule has 0 saturated carbocycles. The van der Waals surface area contributed by atoms with Gasteiger partial charge in [-0.3, -0.25) is 0 Å². The van der Waals surface area contributed by atoms with E-state index in [9.17, 15) is 0 Å². The standard InChI is InChI=1S/C10H10Br2O/c1-3-4-13-8-5-9(11)7(2)10(12)6-8/h3,5-6H,1,4H2,2H3. The fraction of sp³-hybridized carbons (Fsp3) is 0.200. The molecule has 0 atom stereocenters. The minimum atomic E-state index is 0.530. The van der Waals surface area contributed by atoms with E-state index in [1.54, 1.807) is 6.08 Å². The molecule has 0 saturated heterocycles. The number of hydrogen-bond acceptors (Lipinski definition) is 1. The van der Waals surface area contributed by atoms with E-state index >= 15 is 0 Å². The third kappa shape index (κ3) is 2.85. The Kier molecular flexibility index (Phi) is 4.00. The van der Waals surface area contributed by atoms with E-state index < -0.39 is 0 Å². The normalized spacial score (nSPS) is 9.77. The van der Waals surface area contributed by atoms with Crippen molar-refractivity contribution in [2.45, 2.75) is 6.92 Å². The number of ether oxygens (including phenoxy) is 1. The third-order valence-corrected chi connectivity index (χ3v) is 3.27. The molecule has 0 bridgehead atoms. The Morgan fingerprint density at radius 2 is 1.92 bits per heavy atom. The van der Waals surface area contributed by atoms with Crippen molar-refractivity contribution in [3.05, 3.63) is 39.3 Å². The zero-order valence-corrected chi connectivity index (χ0v) is 10.5. The number of rotatable bonds is 3. The van der Waals surface area contributed by atoms with Crippen LogP contribution in [0.2, 0.25) is 0 Å². The molecule has 0 fully saturated rings. The van der Waals surface area contributed by atoms with E-state index in [-0.39, 0.29) is 0 Å². The van der Waals surface area contributed by atoms with Gasteiger partial charge in [0.2, 0.25) is 0 Å². The summed E-state index contributed by atoms with van der Waals surface area (Å²) in [5, 5.41) is 0. The number of hydrogen-bond donors (Lipinski definition) is 0. The fourth-order valence-electron chi connectivity index (χ4n) is 0.861. The first kappa shape index (κ1) is 10.8. The smallest absolute Gasteiger partial charge is 0.122 e. The SMILES string of the molecule is C=CCOc1cc(Br)c(C)c(Br)c1. The van der Waals surface area contributed by atoms with Crippen LogP contribution in [0.3, 0.4) is 0 Å². The first-order valence-corrected chi connectivity index (χ1v) is 5.43. The van der Waals surface area contributed by atoms with E-state index in [1.807, 2.05) is 19.1 Å². The molecule has 0 aliphatic heterocycles. The van der Waals surface area contributed by atoms with Gasteiger partial charge < -0.3 is 4.74 Å². The zero-order chi connectivity index (χ0) is 9.84. The quantitative estimate of drug-likeness (QED) is 0.765. The maximum atomic E-state index is 5.39. The lowest BCUT2D eigenvalue weighted by atomic mass is 10.2. The summed E-state index contributed by atoms with van der Waals surface area (Å²) in [4.78, 5) is 0. The molecule has 1 rings (SSSR count). The first-order chi connectivity index (χ1) is 6.15. The van der Waals surface area contributed by atoms with E-state index in [1.165, 1.54) is 5.56 Å². The highest BCUT2D eigenvalue weighted by Crippen LogP contribution is 2.29. The molecular formula is C10H10Br2O. The molecule has 0 aliphatic rings. The Morgan fingerprint density at radius 3 is 2.38 bits per heavy atom. The molecule has 0 unspecified atom stereocenters. The number of benzene rings is 1. The third-order valence-electron chi connectivity index (χ3n) is 1.62. The van der Waals surface area contributed by atoms with Gasteiger partial charge in [-0.15, -0.1) is 0 Å². The van der Waals surface area contributed by atoms with Gasteiger partial charge in [0, 0.05) is 8.95 Å². The molecule has 0 heterocycles. The monoisotopic (exact) mass is 304 g/mol. The molecule has 3 heteroatoms. The highest BCUT2D eigenvalue weighted by molar-refractivity contribution is 9.11. The van der Waals surface area contributed by atoms with E-state index in [0.29, 0.717) is 6.61 Å². The Hall–Kier alpha value is -0.280. The molecule has 0 amide bonds. The van der Waals surface area contributed by atoms with E-state index in [0.717, 1.165) is 14.7 Å². The first-order valence-electron chi connectivity index (χ1n) is 3.84. The lowest BCUT2D eigenvalue weighted by Gasteiger charge is -2.07. The average molecular weight is 306 g/mol. The van der Waals surface area contributed by atoms with Gasteiger partial charge in [-0.1, -0.05) is 44.5 Å². The van der Waals surface area contributed by atoms with Gasteiger partial charge in [0.25, 0.3) is 0 Å². The Morgan fingerprint density at radius 1 is 1.38 bits per heavy atom. The zero-order valence-electron chi connectivity index (χ0n) is 7.31. The summed E-state index contributed by atoms with van der Waals surface area (Å²) >= 11 is 6.91. The van der Waals surface area contributed by atoms with Crippen LogP contribution in [0.15, 0.2) is 33.7 Å². The van der Waals surface area contributed by atoms with Crippen LogP contribution in [0.1, 0.15) is 5.56 Å². The molecule has 0 N–H and O–H groups in total. The molecule has 1 aromatic carbocycles. The summed E-state index contributed by atoms with van der Waals surface area (Å²) in [6.07, 6.45) is 1.72. The highest BCUT2D eigenvalue weighted by atomic mass is 79.9. The lowest BCUT2D eigenvalue weighted by molar-refractivity contribution is 0.362. The highest BCUT2D eigenvalue weighted by Gasteiger charge is 2.03. The molecule has 70 valence electrons. The Balaban J connectivity index is 2.92. The van der Waals surface area contributed by atoms with Crippen LogP contribution in [0, 0.1) is 6.92 Å². The van der Waals surface area contributed by atoms with Gasteiger partial charge >= 0.3 is 0 Å². The average Bonchev–Trinajstić information content (AvgIpc) is 2.10. The Bertz CT molecular complexity index is 298. The van der Waals surface area contributed by atoms with Crippen LogP contribution in [0.4, 0.5) is 0 Å². The molecule has 0 radical (unpaired) electrons. The van der Waals surface area contributed by atoms with E-state index in [4.69, 9.17) is 4.74 Å². The fourth-order valence-corrected chi connectivity index (χ4v) is 2.00. The summed E-state index contributed by atoms with van der Waals surface area (Å²) in [5.74, 6) is 0.837. The van der Waals surface area contributed by atoms with Crippen LogP contribution < -0.4 is 4.74 Å². The predicted octanol–water partition coefficient (Wildman–Crippen LogP) is 4.08. The summed E-state index contributed by atoms with van der Waals surface area (Å²) in [5.41, 5.74) is 1.17. The van der Waals surface area contributed by atoms with Gasteiger partial charge in [0.15, 0.2) is 0 Å². The van der Waals surface area contributed by atoms with Crippen LogP contribution in [0.5, 0.6) is 5.75 Å². The topological polar surface area (TPSA) is 9.23 Å². The van der Waals surface area contributed by atoms with Crippen molar-refractivity contribution in [1.82, 2.24) is 0 Å². The van der Waals surface area contributed by atoms with Gasteiger partial charge in [-0.05, 0) is 24.6 Å². The lowest BCUT2D eigenvalue weighted by Crippen LogP contribution is -1.93. The predicted molar refractivity (Wildman–Crippen MR) is 62.3 cm³/mol. The van der Waals surface area contributed by atoms with Crippen molar-refractivity contribution in [1.29, 1.82) is 0 Å². The molecule has 13 heavy (non-hydrogen) atoms. The van der Waals surface area contributed by atoms with Crippen molar-refractivity contribution in [2.24, 2.45) is 0 Å².